The quantitative estimate of drug-likeness (QED) is 0.865. The average Bonchev–Trinajstić information content (AvgIpc) is 2.49. The summed E-state index contributed by atoms with van der Waals surface area (Å²) in [6.07, 6.45) is 0.942. The number of carbonyl (C=O) groups is 1. The van der Waals surface area contributed by atoms with Crippen molar-refractivity contribution >= 4 is 33.2 Å². The molecule has 0 bridgehead atoms. The maximum absolute atomic E-state index is 12.3. The predicted octanol–water partition coefficient (Wildman–Crippen LogP) is 2.50. The van der Waals surface area contributed by atoms with Gasteiger partial charge in [0.25, 0.3) is 5.91 Å². The van der Waals surface area contributed by atoms with E-state index >= 15 is 0 Å². The van der Waals surface area contributed by atoms with E-state index in [4.69, 9.17) is 5.73 Å². The number of para-hydroxylation sites is 1. The second-order valence-corrected chi connectivity index (χ2v) is 8.75. The molecule has 0 radical (unpaired) electrons. The Hall–Kier alpha value is -1.83. The van der Waals surface area contributed by atoms with Crippen LogP contribution in [0.15, 0.2) is 64.4 Å². The second-order valence-electron chi connectivity index (χ2n) is 5.24. The summed E-state index contributed by atoms with van der Waals surface area (Å²) in [5.41, 5.74) is 6.20. The molecule has 2 aromatic carbocycles. The van der Waals surface area contributed by atoms with E-state index in [2.05, 4.69) is 5.32 Å². The lowest BCUT2D eigenvalue weighted by molar-refractivity contribution is -0.118. The first-order chi connectivity index (χ1) is 10.7. The third-order valence-electron chi connectivity index (χ3n) is 3.33. The molecular formula is C16H18N2O3S2. The number of nitrogens with two attached hydrogens (primary N) is 1. The van der Waals surface area contributed by atoms with Gasteiger partial charge in [-0.2, -0.15) is 0 Å². The minimum Gasteiger partial charge on any atom is -0.323 e. The molecule has 0 saturated carbocycles. The van der Waals surface area contributed by atoms with Crippen LogP contribution in [0, 0.1) is 0 Å². The van der Waals surface area contributed by atoms with Crippen molar-refractivity contribution in [3.8, 4) is 0 Å². The Balaban J connectivity index is 2.26. The van der Waals surface area contributed by atoms with Gasteiger partial charge in [0.15, 0.2) is 14.7 Å². The van der Waals surface area contributed by atoms with Crippen molar-refractivity contribution in [1.82, 2.24) is 0 Å². The summed E-state index contributed by atoms with van der Waals surface area (Å²) in [6, 6.07) is 16.8. The molecule has 2 rings (SSSR count). The van der Waals surface area contributed by atoms with Gasteiger partial charge in [-0.05, 0) is 31.2 Å². The van der Waals surface area contributed by atoms with Crippen molar-refractivity contribution in [3.05, 3.63) is 54.6 Å². The smallest absolute Gasteiger partial charge is 0.259 e. The first-order valence-corrected chi connectivity index (χ1v) is 9.54. The highest BCUT2D eigenvalue weighted by molar-refractivity contribution is 7.99. The van der Waals surface area contributed by atoms with Gasteiger partial charge >= 0.3 is 0 Å². The highest BCUT2D eigenvalue weighted by Crippen LogP contribution is 2.33. The molecule has 7 heteroatoms. The third-order valence-corrected chi connectivity index (χ3v) is 6.14. The van der Waals surface area contributed by atoms with Crippen molar-refractivity contribution < 1.29 is 13.2 Å². The molecule has 1 atom stereocenters. The van der Waals surface area contributed by atoms with Gasteiger partial charge in [0.05, 0.1) is 5.69 Å². The molecule has 122 valence electrons. The van der Waals surface area contributed by atoms with Gasteiger partial charge in [0, 0.05) is 16.0 Å². The maximum Gasteiger partial charge on any atom is 0.259 e. The van der Waals surface area contributed by atoms with Crippen molar-refractivity contribution in [2.24, 2.45) is 5.73 Å². The number of nitrogens with one attached hydrogen (secondary N) is 1. The highest BCUT2D eigenvalue weighted by Gasteiger charge is 2.39. The van der Waals surface area contributed by atoms with Gasteiger partial charge in [-0.3, -0.25) is 4.79 Å². The molecule has 0 spiro atoms. The number of benzene rings is 2. The molecule has 0 aliphatic heterocycles. The van der Waals surface area contributed by atoms with Crippen LogP contribution in [0.1, 0.15) is 6.92 Å². The van der Waals surface area contributed by atoms with Crippen LogP contribution >= 0.6 is 11.8 Å². The lowest BCUT2D eigenvalue weighted by Gasteiger charge is -2.22. The van der Waals surface area contributed by atoms with Crippen molar-refractivity contribution in [3.63, 3.8) is 0 Å². The Morgan fingerprint density at radius 2 is 1.65 bits per heavy atom. The van der Waals surface area contributed by atoms with Gasteiger partial charge < -0.3 is 11.1 Å². The van der Waals surface area contributed by atoms with Gasteiger partial charge in [0.2, 0.25) is 0 Å². The number of hydrogen-bond acceptors (Lipinski definition) is 5. The molecule has 1 amide bonds. The number of hydrogen-bond donors (Lipinski definition) is 2. The summed E-state index contributed by atoms with van der Waals surface area (Å²) in [5, 5.41) is 2.61. The Labute approximate surface area is 140 Å². The molecule has 0 aromatic heterocycles. The van der Waals surface area contributed by atoms with Gasteiger partial charge in [-0.15, -0.1) is 0 Å². The standard InChI is InChI=1S/C16H18N2O3S2/c1-16(17,23(2,20)21)15(19)18-13-10-6-7-11-14(13)22-12-8-4-3-5-9-12/h3-11H,17H2,1-2H3,(H,18,19)/t16-/m1/s1. The van der Waals surface area contributed by atoms with E-state index < -0.39 is 20.6 Å². The Morgan fingerprint density at radius 3 is 2.26 bits per heavy atom. The van der Waals surface area contributed by atoms with E-state index in [0.29, 0.717) is 5.69 Å². The molecule has 23 heavy (non-hydrogen) atoms. The summed E-state index contributed by atoms with van der Waals surface area (Å²) < 4.78 is 23.3. The minimum absolute atomic E-state index is 0.520. The molecule has 0 heterocycles. The van der Waals surface area contributed by atoms with Crippen molar-refractivity contribution in [2.75, 3.05) is 11.6 Å². The van der Waals surface area contributed by atoms with Crippen LogP contribution < -0.4 is 11.1 Å². The lowest BCUT2D eigenvalue weighted by atomic mass is 10.2. The normalized spacial score (nSPS) is 14.0. The van der Waals surface area contributed by atoms with Gasteiger partial charge in [-0.25, -0.2) is 8.42 Å². The first kappa shape index (κ1) is 17.5. The molecule has 0 saturated heterocycles. The highest BCUT2D eigenvalue weighted by atomic mass is 32.2. The van der Waals surface area contributed by atoms with Crippen LogP contribution in [0.5, 0.6) is 0 Å². The average molecular weight is 350 g/mol. The summed E-state index contributed by atoms with van der Waals surface area (Å²) >= 11 is 1.47. The molecule has 5 nitrogen and oxygen atoms in total. The predicted molar refractivity (Wildman–Crippen MR) is 93.1 cm³/mol. The van der Waals surface area contributed by atoms with E-state index in [9.17, 15) is 13.2 Å². The SMILES string of the molecule is C[C@](N)(C(=O)Nc1ccccc1Sc1ccccc1)S(C)(=O)=O. The van der Waals surface area contributed by atoms with Crippen LogP contribution in [0.2, 0.25) is 0 Å². The zero-order valence-electron chi connectivity index (χ0n) is 12.8. The van der Waals surface area contributed by atoms with Gasteiger partial charge in [0.1, 0.15) is 0 Å². The van der Waals surface area contributed by atoms with E-state index in [-0.39, 0.29) is 0 Å². The molecule has 3 N–H and O–H groups in total. The van der Waals surface area contributed by atoms with E-state index in [1.54, 1.807) is 12.1 Å². The molecule has 0 fully saturated rings. The van der Waals surface area contributed by atoms with E-state index in [0.717, 1.165) is 16.0 Å². The molecule has 0 aliphatic rings. The van der Waals surface area contributed by atoms with E-state index in [1.807, 2.05) is 42.5 Å². The summed E-state index contributed by atoms with van der Waals surface area (Å²) in [4.78, 5) is 12.1. The molecule has 2 aromatic rings. The Morgan fingerprint density at radius 1 is 1.09 bits per heavy atom. The topological polar surface area (TPSA) is 89.3 Å². The molecule has 0 aliphatic carbocycles. The van der Waals surface area contributed by atoms with Crippen LogP contribution in [0.4, 0.5) is 5.69 Å². The zero-order chi connectivity index (χ0) is 17.1. The Bertz CT molecular complexity index is 803. The number of sulfone groups is 1. The number of amides is 1. The van der Waals surface area contributed by atoms with Crippen LogP contribution in [-0.4, -0.2) is 25.5 Å². The fraction of sp³-hybridized carbons (Fsp3) is 0.188. The third kappa shape index (κ3) is 4.13. The van der Waals surface area contributed by atoms with Crippen LogP contribution in [-0.2, 0) is 14.6 Å². The largest absolute Gasteiger partial charge is 0.323 e. The summed E-state index contributed by atoms with van der Waals surface area (Å²) in [5.74, 6) is -0.763. The number of carbonyl (C=O) groups excluding carboxylic acids is 1. The number of rotatable bonds is 5. The summed E-state index contributed by atoms with van der Waals surface area (Å²) in [6.45, 7) is 1.19. The fourth-order valence-electron chi connectivity index (χ4n) is 1.69. The van der Waals surface area contributed by atoms with E-state index in [1.165, 1.54) is 18.7 Å². The van der Waals surface area contributed by atoms with Crippen molar-refractivity contribution in [2.45, 2.75) is 21.6 Å². The summed E-state index contributed by atoms with van der Waals surface area (Å²) in [7, 11) is -3.73. The maximum atomic E-state index is 12.3. The van der Waals surface area contributed by atoms with Crippen molar-refractivity contribution in [1.29, 1.82) is 0 Å². The number of anilines is 1. The minimum atomic E-state index is -3.73. The monoisotopic (exact) mass is 350 g/mol. The molecule has 0 unspecified atom stereocenters. The Kier molecular flexibility index (Phi) is 5.13. The first-order valence-electron chi connectivity index (χ1n) is 6.83. The van der Waals surface area contributed by atoms with Crippen LogP contribution in [0.25, 0.3) is 0 Å². The lowest BCUT2D eigenvalue weighted by Crippen LogP contribution is -2.54. The van der Waals surface area contributed by atoms with Gasteiger partial charge in [-0.1, -0.05) is 42.1 Å². The zero-order valence-corrected chi connectivity index (χ0v) is 14.4. The fourth-order valence-corrected chi connectivity index (χ4v) is 3.00. The molecular weight excluding hydrogens is 332 g/mol. The second kappa shape index (κ2) is 6.74. The van der Waals surface area contributed by atoms with Crippen LogP contribution in [0.3, 0.4) is 0 Å².